The maximum absolute atomic E-state index is 13.7. The number of halogens is 1. The van der Waals surface area contributed by atoms with Crippen LogP contribution in [-0.4, -0.2) is 24.5 Å². The van der Waals surface area contributed by atoms with Gasteiger partial charge in [-0.05, 0) is 67.6 Å². The summed E-state index contributed by atoms with van der Waals surface area (Å²) in [6.45, 7) is 4.66. The second-order valence-electron chi connectivity index (χ2n) is 7.16. The van der Waals surface area contributed by atoms with Gasteiger partial charge >= 0.3 is 0 Å². The monoisotopic (exact) mass is 366 g/mol. The van der Waals surface area contributed by atoms with Crippen LogP contribution in [0.4, 0.5) is 10.1 Å². The van der Waals surface area contributed by atoms with Crippen molar-refractivity contribution >= 4 is 22.5 Å². The van der Waals surface area contributed by atoms with E-state index in [1.54, 1.807) is 13.2 Å². The van der Waals surface area contributed by atoms with Crippen LogP contribution >= 0.6 is 0 Å². The molecule has 1 amide bonds. The van der Waals surface area contributed by atoms with Crippen LogP contribution in [0.5, 0.6) is 5.75 Å². The molecule has 0 unspecified atom stereocenters. The molecule has 0 fully saturated rings. The Balaban J connectivity index is 1.73. The lowest BCUT2D eigenvalue weighted by Crippen LogP contribution is -2.37. The Labute approximate surface area is 157 Å². The van der Waals surface area contributed by atoms with Crippen molar-refractivity contribution in [2.75, 3.05) is 18.6 Å². The number of ether oxygens (including phenoxy) is 1. The average Bonchev–Trinajstić information content (AvgIpc) is 2.96. The van der Waals surface area contributed by atoms with Gasteiger partial charge in [-0.1, -0.05) is 6.07 Å². The fourth-order valence-electron chi connectivity index (χ4n) is 4.10. The topological polar surface area (TPSA) is 45.3 Å². The number of aromatic amines is 1. The molecule has 3 aromatic rings. The maximum Gasteiger partial charge on any atom is 0.231 e. The molecule has 5 heteroatoms. The molecular weight excluding hydrogens is 343 g/mol. The van der Waals surface area contributed by atoms with E-state index in [0.717, 1.165) is 46.4 Å². The van der Waals surface area contributed by atoms with Crippen LogP contribution in [0.2, 0.25) is 0 Å². The second-order valence-corrected chi connectivity index (χ2v) is 7.16. The van der Waals surface area contributed by atoms with Crippen molar-refractivity contribution < 1.29 is 13.9 Å². The summed E-state index contributed by atoms with van der Waals surface area (Å²) in [5.74, 6) is 0.439. The fraction of sp³-hybridized carbons (Fsp3) is 0.318. The molecule has 0 atom stereocenters. The second kappa shape index (κ2) is 6.72. The molecule has 1 aliphatic rings. The van der Waals surface area contributed by atoms with Gasteiger partial charge in [0.15, 0.2) is 0 Å². The highest BCUT2D eigenvalue weighted by Crippen LogP contribution is 2.38. The highest BCUT2D eigenvalue weighted by molar-refractivity contribution is 6.00. The van der Waals surface area contributed by atoms with E-state index in [1.165, 1.54) is 23.3 Å². The molecule has 0 aliphatic carbocycles. The fourth-order valence-corrected chi connectivity index (χ4v) is 4.10. The molecule has 0 bridgehead atoms. The molecule has 1 aliphatic heterocycles. The van der Waals surface area contributed by atoms with Crippen molar-refractivity contribution in [1.29, 1.82) is 0 Å². The van der Waals surface area contributed by atoms with Crippen molar-refractivity contribution in [3.8, 4) is 5.75 Å². The molecule has 2 heterocycles. The van der Waals surface area contributed by atoms with Crippen LogP contribution < -0.4 is 9.64 Å². The van der Waals surface area contributed by atoms with Gasteiger partial charge in [-0.25, -0.2) is 4.39 Å². The number of anilines is 1. The first-order valence-corrected chi connectivity index (χ1v) is 9.23. The number of fused-ring (bicyclic) bond motifs is 2. The predicted octanol–water partition coefficient (Wildman–Crippen LogP) is 4.45. The van der Waals surface area contributed by atoms with Crippen LogP contribution in [0.3, 0.4) is 0 Å². The molecule has 1 aromatic heterocycles. The minimum absolute atomic E-state index is 0.00751. The van der Waals surface area contributed by atoms with Gasteiger partial charge in [0.05, 0.1) is 19.2 Å². The number of H-pyrrole nitrogens is 1. The van der Waals surface area contributed by atoms with Crippen LogP contribution in [0, 0.1) is 19.7 Å². The highest BCUT2D eigenvalue weighted by atomic mass is 19.1. The van der Waals surface area contributed by atoms with E-state index in [-0.39, 0.29) is 18.1 Å². The van der Waals surface area contributed by atoms with E-state index < -0.39 is 0 Å². The van der Waals surface area contributed by atoms with Crippen LogP contribution in [0.15, 0.2) is 30.3 Å². The van der Waals surface area contributed by atoms with Gasteiger partial charge in [-0.15, -0.1) is 0 Å². The molecule has 4 rings (SSSR count). The van der Waals surface area contributed by atoms with E-state index in [1.807, 2.05) is 24.0 Å². The van der Waals surface area contributed by atoms with E-state index in [4.69, 9.17) is 4.74 Å². The van der Waals surface area contributed by atoms with Crippen LogP contribution in [-0.2, 0) is 17.6 Å². The maximum atomic E-state index is 13.7. The summed E-state index contributed by atoms with van der Waals surface area (Å²) in [5.41, 5.74) is 5.84. The number of benzene rings is 2. The van der Waals surface area contributed by atoms with Crippen molar-refractivity contribution in [3.05, 3.63) is 58.5 Å². The molecule has 1 N–H and O–H groups in total. The van der Waals surface area contributed by atoms with E-state index in [2.05, 4.69) is 11.9 Å². The van der Waals surface area contributed by atoms with Gasteiger partial charge in [0.2, 0.25) is 5.91 Å². The van der Waals surface area contributed by atoms with Crippen molar-refractivity contribution in [2.24, 2.45) is 0 Å². The number of hydrogen-bond donors (Lipinski definition) is 1. The van der Waals surface area contributed by atoms with Crippen molar-refractivity contribution in [3.63, 3.8) is 0 Å². The lowest BCUT2D eigenvalue weighted by molar-refractivity contribution is -0.118. The first-order valence-electron chi connectivity index (χ1n) is 9.23. The van der Waals surface area contributed by atoms with Gasteiger partial charge < -0.3 is 14.6 Å². The zero-order chi connectivity index (χ0) is 19.1. The third-order valence-electron chi connectivity index (χ3n) is 5.49. The Morgan fingerprint density at radius 3 is 2.85 bits per heavy atom. The van der Waals surface area contributed by atoms with Crippen LogP contribution in [0.1, 0.15) is 28.8 Å². The van der Waals surface area contributed by atoms with E-state index in [9.17, 15) is 9.18 Å². The van der Waals surface area contributed by atoms with Crippen LogP contribution in [0.25, 0.3) is 10.9 Å². The number of aromatic nitrogens is 1. The number of amides is 1. The minimum Gasteiger partial charge on any atom is -0.495 e. The Morgan fingerprint density at radius 2 is 2.07 bits per heavy atom. The summed E-state index contributed by atoms with van der Waals surface area (Å²) in [5, 5.41) is 0.772. The zero-order valence-corrected chi connectivity index (χ0v) is 15.9. The number of rotatable bonds is 3. The minimum atomic E-state index is -0.296. The highest BCUT2D eigenvalue weighted by Gasteiger charge is 2.28. The molecule has 0 saturated carbocycles. The Hall–Kier alpha value is -2.82. The zero-order valence-electron chi connectivity index (χ0n) is 15.9. The standard InChI is InChI=1S/C22H23FN2O2/c1-13-6-9-20(27-3)22-16(13)5-4-10-25(22)21(26)12-17-14(2)24-19-8-7-15(23)11-18(17)19/h6-9,11,24H,4-5,10,12H2,1-3H3. The number of methoxy groups -OCH3 is 1. The number of aryl methyl sites for hydroxylation is 2. The molecule has 140 valence electrons. The first-order chi connectivity index (χ1) is 13.0. The van der Waals surface area contributed by atoms with E-state index >= 15 is 0 Å². The third-order valence-corrected chi connectivity index (χ3v) is 5.49. The smallest absolute Gasteiger partial charge is 0.231 e. The molecular formula is C22H23FN2O2. The number of carbonyl (C=O) groups excluding carboxylic acids is 1. The first kappa shape index (κ1) is 17.6. The van der Waals surface area contributed by atoms with Gasteiger partial charge in [0.1, 0.15) is 11.6 Å². The quantitative estimate of drug-likeness (QED) is 0.744. The van der Waals surface area contributed by atoms with Crippen molar-refractivity contribution in [2.45, 2.75) is 33.1 Å². The van der Waals surface area contributed by atoms with Gasteiger partial charge in [-0.2, -0.15) is 0 Å². The molecule has 0 saturated heterocycles. The molecule has 0 radical (unpaired) electrons. The third kappa shape index (κ3) is 2.97. The normalized spacial score (nSPS) is 13.7. The molecule has 27 heavy (non-hydrogen) atoms. The summed E-state index contributed by atoms with van der Waals surface area (Å²) in [6, 6.07) is 8.60. The SMILES string of the molecule is COc1ccc(C)c2c1N(C(=O)Cc1c(C)[nH]c3ccc(F)cc13)CCC2. The number of carbonyl (C=O) groups is 1. The summed E-state index contributed by atoms with van der Waals surface area (Å²) in [4.78, 5) is 18.3. The van der Waals surface area contributed by atoms with Gasteiger partial charge in [0, 0.05) is 23.1 Å². The lowest BCUT2D eigenvalue weighted by atomic mass is 9.95. The molecule has 2 aromatic carbocycles. The summed E-state index contributed by atoms with van der Waals surface area (Å²) < 4.78 is 19.3. The Morgan fingerprint density at radius 1 is 1.26 bits per heavy atom. The van der Waals surface area contributed by atoms with Gasteiger partial charge in [-0.3, -0.25) is 4.79 Å². The largest absolute Gasteiger partial charge is 0.495 e. The Bertz CT molecular complexity index is 1040. The number of nitrogens with zero attached hydrogens (tertiary/aromatic N) is 1. The van der Waals surface area contributed by atoms with Gasteiger partial charge in [0.25, 0.3) is 0 Å². The van der Waals surface area contributed by atoms with E-state index in [0.29, 0.717) is 6.54 Å². The number of hydrogen-bond acceptors (Lipinski definition) is 2. The summed E-state index contributed by atoms with van der Waals surface area (Å²) >= 11 is 0. The molecule has 0 spiro atoms. The van der Waals surface area contributed by atoms with Crippen molar-refractivity contribution in [1.82, 2.24) is 4.98 Å². The lowest BCUT2D eigenvalue weighted by Gasteiger charge is -2.32. The summed E-state index contributed by atoms with van der Waals surface area (Å²) in [7, 11) is 1.63. The predicted molar refractivity (Wildman–Crippen MR) is 105 cm³/mol. The Kier molecular flexibility index (Phi) is 4.38. The average molecular weight is 366 g/mol. The summed E-state index contributed by atoms with van der Waals surface area (Å²) in [6.07, 6.45) is 2.10. The number of nitrogens with one attached hydrogen (secondary N) is 1. The molecule has 4 nitrogen and oxygen atoms in total.